The van der Waals surface area contributed by atoms with Crippen LogP contribution in [0.2, 0.25) is 5.02 Å². The monoisotopic (exact) mass is 412 g/mol. The first-order chi connectivity index (χ1) is 11.9. The van der Waals surface area contributed by atoms with Crippen molar-refractivity contribution in [3.8, 4) is 0 Å². The van der Waals surface area contributed by atoms with Gasteiger partial charge in [-0.05, 0) is 31.5 Å². The zero-order chi connectivity index (χ0) is 18.1. The summed E-state index contributed by atoms with van der Waals surface area (Å²) in [4.78, 5) is 16.0. The van der Waals surface area contributed by atoms with Crippen LogP contribution < -0.4 is 5.73 Å². The lowest BCUT2D eigenvalue weighted by atomic mass is 10.2. The van der Waals surface area contributed by atoms with Crippen LogP contribution in [-0.2, 0) is 6.54 Å². The average Bonchev–Trinajstić information content (AvgIpc) is 3.16. The van der Waals surface area contributed by atoms with Gasteiger partial charge in [0.2, 0.25) is 0 Å². The Hall–Kier alpha value is -1.60. The molecule has 0 aliphatic rings. The molecule has 2 N–H and O–H groups in total. The second kappa shape index (κ2) is 8.39. The van der Waals surface area contributed by atoms with Crippen molar-refractivity contribution >= 4 is 51.5 Å². The summed E-state index contributed by atoms with van der Waals surface area (Å²) in [5.41, 5.74) is 7.59. The molecule has 3 aromatic rings. The lowest BCUT2D eigenvalue weighted by molar-refractivity contribution is 0.0753. The number of aryl methyl sites for hydroxylation is 1. The van der Waals surface area contributed by atoms with Crippen LogP contribution in [0.15, 0.2) is 30.3 Å². The first-order valence-corrected chi connectivity index (χ1v) is 9.29. The first kappa shape index (κ1) is 20.7. The smallest absolute Gasteiger partial charge is 0.264 e. The summed E-state index contributed by atoms with van der Waals surface area (Å²) < 4.78 is 1.92. The number of thiophene rings is 1. The predicted octanol–water partition coefficient (Wildman–Crippen LogP) is 3.95. The van der Waals surface area contributed by atoms with Crippen LogP contribution in [0.1, 0.15) is 27.9 Å². The number of fused-ring (bicyclic) bond motifs is 1. The minimum Gasteiger partial charge on any atom is -0.337 e. The van der Waals surface area contributed by atoms with Crippen LogP contribution in [0, 0.1) is 6.92 Å². The summed E-state index contributed by atoms with van der Waals surface area (Å²) >= 11 is 7.73. The largest absolute Gasteiger partial charge is 0.337 e. The van der Waals surface area contributed by atoms with Crippen molar-refractivity contribution in [2.24, 2.45) is 5.73 Å². The van der Waals surface area contributed by atoms with Crippen molar-refractivity contribution in [1.29, 1.82) is 0 Å². The van der Waals surface area contributed by atoms with Gasteiger partial charge in [-0.2, -0.15) is 5.10 Å². The molecule has 0 saturated carbocycles. The summed E-state index contributed by atoms with van der Waals surface area (Å²) in [6.07, 6.45) is 0. The summed E-state index contributed by atoms with van der Waals surface area (Å²) in [5, 5.41) is 6.33. The zero-order valence-electron chi connectivity index (χ0n) is 14.9. The molecule has 0 aliphatic heterocycles. The Balaban J connectivity index is 0.00000243. The number of aromatic nitrogens is 2. The van der Waals surface area contributed by atoms with Crippen molar-refractivity contribution in [2.75, 3.05) is 13.6 Å². The lowest BCUT2D eigenvalue weighted by Gasteiger charge is -2.22. The molecule has 0 fully saturated rings. The molecular weight excluding hydrogens is 391 g/mol. The number of hydrogen-bond donors (Lipinski definition) is 1. The molecule has 5 nitrogen and oxygen atoms in total. The molecule has 26 heavy (non-hydrogen) atoms. The summed E-state index contributed by atoms with van der Waals surface area (Å²) in [5.74, 6) is -0.0113. The molecule has 1 unspecified atom stereocenters. The Morgan fingerprint density at radius 1 is 1.42 bits per heavy atom. The van der Waals surface area contributed by atoms with Gasteiger partial charge in [-0.15, -0.1) is 23.7 Å². The number of carbonyl (C=O) groups is 1. The highest BCUT2D eigenvalue weighted by molar-refractivity contribution is 7.20. The molecular formula is C18H22Cl2N4OS. The van der Waals surface area contributed by atoms with Crippen LogP contribution in [0.3, 0.4) is 0 Å². The Kier molecular flexibility index (Phi) is 6.69. The van der Waals surface area contributed by atoms with E-state index in [4.69, 9.17) is 17.3 Å². The van der Waals surface area contributed by atoms with E-state index in [1.54, 1.807) is 11.9 Å². The van der Waals surface area contributed by atoms with Gasteiger partial charge in [0.1, 0.15) is 4.83 Å². The van der Waals surface area contributed by atoms with Crippen molar-refractivity contribution in [1.82, 2.24) is 14.7 Å². The molecule has 0 spiro atoms. The normalized spacial score (nSPS) is 12.0. The third-order valence-corrected chi connectivity index (χ3v) is 5.92. The lowest BCUT2D eigenvalue weighted by Crippen LogP contribution is -2.39. The highest BCUT2D eigenvalue weighted by Gasteiger charge is 2.21. The topological polar surface area (TPSA) is 64.2 Å². The average molecular weight is 413 g/mol. The fraction of sp³-hybridized carbons (Fsp3) is 0.333. The van der Waals surface area contributed by atoms with Crippen molar-refractivity contribution in [3.63, 3.8) is 0 Å². The van der Waals surface area contributed by atoms with E-state index in [9.17, 15) is 4.79 Å². The maximum Gasteiger partial charge on any atom is 0.264 e. The number of nitrogens with zero attached hydrogens (tertiary/aromatic N) is 3. The molecule has 0 bridgehead atoms. The summed E-state index contributed by atoms with van der Waals surface area (Å²) in [6.45, 7) is 4.91. The molecule has 2 aromatic heterocycles. The minimum absolute atomic E-state index is 0. The SMILES string of the molecule is Cc1nn(Cc2ccccc2Cl)c2sc(C(=O)N(C)C(C)CN)cc12.Cl. The Labute approximate surface area is 168 Å². The fourth-order valence-corrected chi connectivity index (χ4v) is 3.98. The van der Waals surface area contributed by atoms with E-state index < -0.39 is 0 Å². The van der Waals surface area contributed by atoms with Gasteiger partial charge in [0, 0.05) is 30.0 Å². The molecule has 0 radical (unpaired) electrons. The first-order valence-electron chi connectivity index (χ1n) is 8.10. The number of benzene rings is 1. The summed E-state index contributed by atoms with van der Waals surface area (Å²) in [7, 11) is 1.78. The van der Waals surface area contributed by atoms with Gasteiger partial charge >= 0.3 is 0 Å². The quantitative estimate of drug-likeness (QED) is 0.689. The highest BCUT2D eigenvalue weighted by atomic mass is 35.5. The Morgan fingerprint density at radius 3 is 2.77 bits per heavy atom. The fourth-order valence-electron chi connectivity index (χ4n) is 2.65. The molecule has 3 rings (SSSR count). The van der Waals surface area contributed by atoms with Gasteiger partial charge in [-0.3, -0.25) is 9.48 Å². The molecule has 2 heterocycles. The molecule has 8 heteroatoms. The Morgan fingerprint density at radius 2 is 2.12 bits per heavy atom. The van der Waals surface area contributed by atoms with E-state index in [1.165, 1.54) is 11.3 Å². The van der Waals surface area contributed by atoms with Gasteiger partial charge in [0.15, 0.2) is 0 Å². The van der Waals surface area contributed by atoms with Crippen LogP contribution >= 0.6 is 35.3 Å². The van der Waals surface area contributed by atoms with E-state index in [1.807, 2.05) is 48.9 Å². The predicted molar refractivity (Wildman–Crippen MR) is 111 cm³/mol. The number of likely N-dealkylation sites (N-methyl/N-ethyl adjacent to an activating group) is 1. The van der Waals surface area contributed by atoms with Crippen molar-refractivity contribution in [3.05, 3.63) is 51.5 Å². The standard InChI is InChI=1S/C18H21ClN4OS.ClH/c1-11(9-20)22(3)17(24)16-8-14-12(2)21-23(18(14)25-16)10-13-6-4-5-7-15(13)19;/h4-8,11H,9-10,20H2,1-3H3;1H. The van der Waals surface area contributed by atoms with Crippen LogP contribution in [0.25, 0.3) is 10.2 Å². The maximum atomic E-state index is 12.7. The summed E-state index contributed by atoms with van der Waals surface area (Å²) in [6, 6.07) is 9.65. The van der Waals surface area contributed by atoms with E-state index in [0.717, 1.165) is 21.5 Å². The molecule has 0 saturated heterocycles. The van der Waals surface area contributed by atoms with Gasteiger partial charge in [-0.1, -0.05) is 29.8 Å². The molecule has 1 atom stereocenters. The van der Waals surface area contributed by atoms with E-state index in [2.05, 4.69) is 5.10 Å². The molecule has 140 valence electrons. The molecule has 1 amide bonds. The van der Waals surface area contributed by atoms with E-state index in [0.29, 0.717) is 23.0 Å². The Bertz CT molecular complexity index is 921. The zero-order valence-corrected chi connectivity index (χ0v) is 17.3. The van der Waals surface area contributed by atoms with E-state index in [-0.39, 0.29) is 24.4 Å². The number of hydrogen-bond acceptors (Lipinski definition) is 4. The number of amides is 1. The maximum absolute atomic E-state index is 12.7. The van der Waals surface area contributed by atoms with Gasteiger partial charge < -0.3 is 10.6 Å². The third-order valence-electron chi connectivity index (χ3n) is 4.42. The van der Waals surface area contributed by atoms with Crippen LogP contribution in [0.4, 0.5) is 0 Å². The van der Waals surface area contributed by atoms with Crippen molar-refractivity contribution < 1.29 is 4.79 Å². The number of nitrogens with two attached hydrogens (primary N) is 1. The van der Waals surface area contributed by atoms with Crippen molar-refractivity contribution in [2.45, 2.75) is 26.4 Å². The minimum atomic E-state index is -0.0113. The third kappa shape index (κ3) is 3.88. The van der Waals surface area contributed by atoms with Gasteiger partial charge in [-0.25, -0.2) is 0 Å². The molecule has 1 aromatic carbocycles. The number of carbonyl (C=O) groups excluding carboxylic acids is 1. The second-order valence-electron chi connectivity index (χ2n) is 6.16. The van der Waals surface area contributed by atoms with E-state index >= 15 is 0 Å². The number of halogens is 2. The van der Waals surface area contributed by atoms with Gasteiger partial charge in [0.25, 0.3) is 5.91 Å². The molecule has 0 aliphatic carbocycles. The van der Waals surface area contributed by atoms with Crippen LogP contribution in [0.5, 0.6) is 0 Å². The van der Waals surface area contributed by atoms with Gasteiger partial charge in [0.05, 0.1) is 17.1 Å². The van der Waals surface area contributed by atoms with Crippen LogP contribution in [-0.4, -0.2) is 40.2 Å². The number of rotatable bonds is 5. The second-order valence-corrected chi connectivity index (χ2v) is 7.60. The highest BCUT2D eigenvalue weighted by Crippen LogP contribution is 2.30.